The van der Waals surface area contributed by atoms with Crippen LogP contribution in [-0.2, 0) is 23.9 Å². The smallest absolute Gasteiger partial charge is 1.00 e. The third-order valence-electron chi connectivity index (χ3n) is 3.26. The molecule has 0 radical (unpaired) electrons. The van der Waals surface area contributed by atoms with Gasteiger partial charge in [0.1, 0.15) is 30.1 Å². The summed E-state index contributed by atoms with van der Waals surface area (Å²) < 4.78 is 4.81. The summed E-state index contributed by atoms with van der Waals surface area (Å²) in [5.41, 5.74) is 0.106. The summed E-state index contributed by atoms with van der Waals surface area (Å²) in [7, 11) is 0. The second kappa shape index (κ2) is 8.53. The van der Waals surface area contributed by atoms with Crippen LogP contribution in [0.5, 0.6) is 0 Å². The summed E-state index contributed by atoms with van der Waals surface area (Å²) in [6.45, 7) is 1.00. The van der Waals surface area contributed by atoms with Crippen LogP contribution in [0.1, 0.15) is 14.8 Å². The zero-order valence-electron chi connectivity index (χ0n) is 14.1. The number of hydrogen-bond acceptors (Lipinski definition) is 7. The fourth-order valence-corrected chi connectivity index (χ4v) is 3.61. The van der Waals surface area contributed by atoms with E-state index in [4.69, 9.17) is 10.00 Å². The monoisotopic (exact) mass is 363 g/mol. The van der Waals surface area contributed by atoms with Gasteiger partial charge in [-0.05, 0) is 0 Å². The van der Waals surface area contributed by atoms with E-state index in [1.807, 2.05) is 0 Å². The number of nitrogens with zero attached hydrogens (tertiary/aromatic N) is 2. The van der Waals surface area contributed by atoms with E-state index in [0.717, 1.165) is 4.90 Å². The van der Waals surface area contributed by atoms with Crippen molar-refractivity contribution in [1.29, 1.82) is 5.26 Å². The van der Waals surface area contributed by atoms with Gasteiger partial charge < -0.3 is 16.6 Å². The van der Waals surface area contributed by atoms with Gasteiger partial charge in [0, 0.05) is 18.2 Å². The van der Waals surface area contributed by atoms with Crippen LogP contribution >= 0.6 is 11.8 Å². The maximum atomic E-state index is 12.1. The number of carbonyl (C=O) groups is 4. The molecule has 24 heavy (non-hydrogen) atoms. The second-order valence-corrected chi connectivity index (χ2v) is 5.93. The summed E-state index contributed by atoms with van der Waals surface area (Å²) >= 11 is 1.26. The molecule has 2 aliphatic rings. The molecular formula is C13H14N3NaO6S. The average Bonchev–Trinajstić information content (AvgIpc) is 2.49. The van der Waals surface area contributed by atoms with Crippen LogP contribution in [0, 0.1) is 11.3 Å². The Balaban J connectivity index is 0.00000288. The maximum Gasteiger partial charge on any atom is 1.00 e. The Bertz CT molecular complexity index is 665. The van der Waals surface area contributed by atoms with Gasteiger partial charge >= 0.3 is 41.5 Å². The quantitative estimate of drug-likeness (QED) is 0.289. The van der Waals surface area contributed by atoms with Gasteiger partial charge in [-0.1, -0.05) is 0 Å². The number of carboxylic acid groups (broad SMARTS) is 1. The molecule has 124 valence electrons. The number of β-lactam (4-membered cyclic amide) rings is 1. The molecule has 0 spiro atoms. The van der Waals surface area contributed by atoms with E-state index in [1.54, 1.807) is 6.07 Å². The minimum atomic E-state index is -1.30. The molecule has 9 nitrogen and oxygen atoms in total. The molecule has 2 aliphatic heterocycles. The van der Waals surface area contributed by atoms with Crippen molar-refractivity contribution in [2.45, 2.75) is 24.8 Å². The first kappa shape index (κ1) is 20.5. The maximum absolute atomic E-state index is 12.1. The number of nitriles is 1. The van der Waals surface area contributed by atoms with E-state index >= 15 is 0 Å². The van der Waals surface area contributed by atoms with Crippen LogP contribution in [-0.4, -0.2) is 57.5 Å². The van der Waals surface area contributed by atoms with Gasteiger partial charge in [-0.3, -0.25) is 19.3 Å². The predicted octanol–water partition coefficient (Wildman–Crippen LogP) is -3.68. The fraction of sp³-hybridized carbons (Fsp3) is 0.462. The van der Waals surface area contributed by atoms with Gasteiger partial charge in [-0.25, -0.2) is 4.79 Å². The molecule has 2 atom stereocenters. The van der Waals surface area contributed by atoms with Gasteiger partial charge in [0.25, 0.3) is 5.91 Å². The Morgan fingerprint density at radius 1 is 1.54 bits per heavy atom. The third kappa shape index (κ3) is 4.10. The van der Waals surface area contributed by atoms with E-state index in [-0.39, 0.29) is 55.5 Å². The first-order valence-corrected chi connectivity index (χ1v) is 7.61. The minimum Gasteiger partial charge on any atom is -1.00 e. The van der Waals surface area contributed by atoms with Crippen LogP contribution < -0.4 is 34.9 Å². The molecule has 0 aliphatic carbocycles. The van der Waals surface area contributed by atoms with E-state index in [1.165, 1.54) is 18.7 Å². The number of esters is 1. The molecule has 2 N–H and O–H groups in total. The Morgan fingerprint density at radius 2 is 2.21 bits per heavy atom. The Labute approximate surface area is 165 Å². The molecule has 0 bridgehead atoms. The number of amides is 2. The number of carbonyl (C=O) groups excluding carboxylic acids is 3. The molecule has 0 unspecified atom stereocenters. The van der Waals surface area contributed by atoms with E-state index in [2.05, 4.69) is 5.32 Å². The number of thioether (sulfide) groups is 1. The van der Waals surface area contributed by atoms with E-state index in [9.17, 15) is 24.3 Å². The van der Waals surface area contributed by atoms with Crippen LogP contribution in [0.2, 0.25) is 0 Å². The predicted molar refractivity (Wildman–Crippen MR) is 77.7 cm³/mol. The zero-order valence-corrected chi connectivity index (χ0v) is 15.9. The number of carboxylic acids is 1. The SMILES string of the molecule is CC(=O)OCC1=C(C(=O)O)N2C(=O)[C@@H](NC(=O)CC#N)[C@H]2SC1.[H-].[Na+]. The van der Waals surface area contributed by atoms with Crippen LogP contribution in [0.4, 0.5) is 0 Å². The fourth-order valence-electron chi connectivity index (χ4n) is 2.28. The largest absolute Gasteiger partial charge is 1.00 e. The van der Waals surface area contributed by atoms with Crippen LogP contribution in [0.3, 0.4) is 0 Å². The number of fused-ring (bicyclic) bond motifs is 1. The van der Waals surface area contributed by atoms with Crippen molar-refractivity contribution in [3.63, 3.8) is 0 Å². The molecule has 1 fully saturated rings. The molecule has 2 amide bonds. The third-order valence-corrected chi connectivity index (χ3v) is 4.60. The Hall–Kier alpha value is -1.54. The number of hydrogen-bond donors (Lipinski definition) is 2. The summed E-state index contributed by atoms with van der Waals surface area (Å²) in [5.74, 6) is -2.74. The summed E-state index contributed by atoms with van der Waals surface area (Å²) in [5, 5.41) is 19.7. The van der Waals surface area contributed by atoms with E-state index < -0.39 is 35.2 Å². The van der Waals surface area contributed by atoms with Crippen molar-refractivity contribution in [3.8, 4) is 6.07 Å². The molecule has 0 aromatic heterocycles. The van der Waals surface area contributed by atoms with Gasteiger partial charge in [0.05, 0.1) is 6.07 Å². The summed E-state index contributed by atoms with van der Waals surface area (Å²) in [4.78, 5) is 47.0. The topological polar surface area (TPSA) is 137 Å². The number of rotatable bonds is 5. The van der Waals surface area contributed by atoms with Crippen molar-refractivity contribution < 1.29 is 60.0 Å². The molecular weight excluding hydrogens is 349 g/mol. The first-order chi connectivity index (χ1) is 10.9. The van der Waals surface area contributed by atoms with Gasteiger partial charge in [0.2, 0.25) is 5.91 Å². The second-order valence-electron chi connectivity index (χ2n) is 4.83. The number of nitrogens with one attached hydrogen (secondary N) is 1. The molecule has 0 aromatic carbocycles. The van der Waals surface area contributed by atoms with Gasteiger partial charge in [-0.15, -0.1) is 11.8 Å². The number of ether oxygens (including phenoxy) is 1. The zero-order chi connectivity index (χ0) is 17.1. The minimum absolute atomic E-state index is 0. The molecule has 11 heteroatoms. The molecule has 0 aromatic rings. The van der Waals surface area contributed by atoms with Crippen molar-refractivity contribution in [2.75, 3.05) is 12.4 Å². The van der Waals surface area contributed by atoms with Crippen molar-refractivity contribution in [1.82, 2.24) is 10.2 Å². The van der Waals surface area contributed by atoms with Crippen molar-refractivity contribution in [3.05, 3.63) is 11.3 Å². The van der Waals surface area contributed by atoms with Crippen molar-refractivity contribution >= 4 is 35.5 Å². The molecule has 2 rings (SSSR count). The Morgan fingerprint density at radius 3 is 2.75 bits per heavy atom. The summed E-state index contributed by atoms with van der Waals surface area (Å²) in [6, 6.07) is 0.818. The number of aliphatic carboxylic acids is 1. The van der Waals surface area contributed by atoms with Gasteiger partial charge in [0.15, 0.2) is 0 Å². The van der Waals surface area contributed by atoms with Crippen LogP contribution in [0.15, 0.2) is 11.3 Å². The standard InChI is InChI=1S/C13H13N3O6S.Na.H/c1-6(17)22-4-7-5-23-12-9(15-8(18)2-3-14)11(19)16(12)10(7)13(20)21;;/h9,12H,2,4-5H2,1H3,(H,15,18)(H,20,21);;/q;+1;-1/t9-,12-;;/m1../s1. The summed E-state index contributed by atoms with van der Waals surface area (Å²) in [6.07, 6.45) is -0.375. The first-order valence-electron chi connectivity index (χ1n) is 6.56. The molecule has 0 saturated carbocycles. The average molecular weight is 363 g/mol. The molecule has 1 saturated heterocycles. The normalized spacial score (nSPS) is 21.7. The Kier molecular flexibility index (Phi) is 7.28. The van der Waals surface area contributed by atoms with Crippen LogP contribution in [0.25, 0.3) is 0 Å². The van der Waals surface area contributed by atoms with E-state index in [0.29, 0.717) is 5.57 Å². The molecule has 2 heterocycles. The van der Waals surface area contributed by atoms with Crippen molar-refractivity contribution in [2.24, 2.45) is 0 Å². The van der Waals surface area contributed by atoms with Gasteiger partial charge in [-0.2, -0.15) is 5.26 Å².